The van der Waals surface area contributed by atoms with Gasteiger partial charge in [-0.2, -0.15) is 13.2 Å². The van der Waals surface area contributed by atoms with Crippen LogP contribution in [0.1, 0.15) is 27.0 Å². The van der Waals surface area contributed by atoms with E-state index in [0.717, 1.165) is 12.1 Å². The van der Waals surface area contributed by atoms with Gasteiger partial charge in [-0.3, -0.25) is 4.79 Å². The number of carbonyl (C=O) groups is 2. The van der Waals surface area contributed by atoms with Crippen LogP contribution in [0.15, 0.2) is 64.3 Å². The Hall–Kier alpha value is -4.20. The number of carboxylic acids is 1. The summed E-state index contributed by atoms with van der Waals surface area (Å²) in [5.74, 6) is -1.98. The van der Waals surface area contributed by atoms with E-state index in [1.165, 1.54) is 24.3 Å². The molecule has 0 spiro atoms. The fourth-order valence-electron chi connectivity index (χ4n) is 3.07. The van der Waals surface area contributed by atoms with Crippen LogP contribution in [0.2, 0.25) is 0 Å². The van der Waals surface area contributed by atoms with Crippen LogP contribution in [-0.2, 0) is 29.2 Å². The summed E-state index contributed by atoms with van der Waals surface area (Å²) in [7, 11) is -2.63. The molecule has 184 valence electrons. The Kier molecular flexibility index (Phi) is 7.24. The van der Waals surface area contributed by atoms with Crippen molar-refractivity contribution in [2.75, 3.05) is 0 Å². The van der Waals surface area contributed by atoms with Crippen molar-refractivity contribution in [3.05, 3.63) is 97.8 Å². The summed E-state index contributed by atoms with van der Waals surface area (Å²) in [5, 5.41) is 11.7. The predicted molar refractivity (Wildman–Crippen MR) is 116 cm³/mol. The van der Waals surface area contributed by atoms with Crippen molar-refractivity contribution in [2.45, 2.75) is 18.5 Å². The van der Waals surface area contributed by atoms with Gasteiger partial charge in [0.05, 0.1) is 17.0 Å². The van der Waals surface area contributed by atoms with E-state index in [0.29, 0.717) is 29.5 Å². The molecular weight excluding hydrogens is 495 g/mol. The zero-order valence-electron chi connectivity index (χ0n) is 17.5. The van der Waals surface area contributed by atoms with E-state index >= 15 is 0 Å². The van der Waals surface area contributed by atoms with Crippen LogP contribution < -0.4 is 16.6 Å². The van der Waals surface area contributed by atoms with Crippen LogP contribution in [0.3, 0.4) is 0 Å². The molecule has 0 saturated carbocycles. The molecule has 1 amide bonds. The van der Waals surface area contributed by atoms with E-state index < -0.39 is 56.9 Å². The highest BCUT2D eigenvalue weighted by Crippen LogP contribution is 2.29. The zero-order valence-corrected chi connectivity index (χ0v) is 18.4. The third-order valence-electron chi connectivity index (χ3n) is 4.75. The minimum atomic E-state index is -4.81. The van der Waals surface area contributed by atoms with Gasteiger partial charge in [0.25, 0.3) is 5.56 Å². The number of aromatic nitrogens is 2. The molecule has 1 aromatic heterocycles. The summed E-state index contributed by atoms with van der Waals surface area (Å²) in [6.45, 7) is -0.167. The normalized spacial score (nSPS) is 11.4. The molecule has 14 heteroatoms. The molecule has 0 bridgehead atoms. The summed E-state index contributed by atoms with van der Waals surface area (Å²) in [6, 6.07) is 7.99. The second-order valence-electron chi connectivity index (χ2n) is 7.16. The fourth-order valence-corrected chi connectivity index (χ4v) is 3.58. The molecule has 0 saturated heterocycles. The molecule has 0 atom stereocenters. The van der Waals surface area contributed by atoms with Gasteiger partial charge >= 0.3 is 23.9 Å². The van der Waals surface area contributed by atoms with Crippen molar-refractivity contribution >= 4 is 22.7 Å². The third kappa shape index (κ3) is 5.84. The van der Waals surface area contributed by atoms with Gasteiger partial charge < -0.3 is 10.4 Å². The molecule has 0 unspecified atom stereocenters. The summed E-state index contributed by atoms with van der Waals surface area (Å²) in [5.41, 5.74) is -4.58. The maximum absolute atomic E-state index is 13.1. The van der Waals surface area contributed by atoms with E-state index in [4.69, 9.17) is 0 Å². The Bertz CT molecular complexity index is 1480. The van der Waals surface area contributed by atoms with Crippen LogP contribution in [-0.4, -0.2) is 34.7 Å². The minimum Gasteiger partial charge on any atom is -0.477 e. The van der Waals surface area contributed by atoms with Gasteiger partial charge in [0.15, 0.2) is 0 Å². The standard InChI is InChI=1S/C21H16F3N3O7S/c22-21(23,24)14-2-1-3-15(8-14)27-17(28)16(18(29)30)10-26(20(27)32)19(31)25-9-12-4-6-13(7-5-12)11-35(33)34/h1-8,10,35H,9,11H2,(H,25,31)(H,29,30). The van der Waals surface area contributed by atoms with Crippen molar-refractivity contribution in [3.63, 3.8) is 0 Å². The molecule has 2 aromatic carbocycles. The maximum Gasteiger partial charge on any atom is 0.416 e. The molecule has 3 rings (SSSR count). The van der Waals surface area contributed by atoms with Crippen molar-refractivity contribution in [1.82, 2.24) is 14.5 Å². The van der Waals surface area contributed by atoms with E-state index in [-0.39, 0.29) is 21.4 Å². The predicted octanol–water partition coefficient (Wildman–Crippen LogP) is 1.59. The number of nitrogens with one attached hydrogen (secondary N) is 1. The summed E-state index contributed by atoms with van der Waals surface area (Å²) >= 11 is 0. The smallest absolute Gasteiger partial charge is 0.416 e. The number of carbonyl (C=O) groups excluding carboxylic acids is 1. The number of hydrogen-bond acceptors (Lipinski definition) is 6. The number of alkyl halides is 3. The molecule has 10 nitrogen and oxygen atoms in total. The van der Waals surface area contributed by atoms with Crippen LogP contribution >= 0.6 is 0 Å². The number of halogens is 3. The number of benzene rings is 2. The lowest BCUT2D eigenvalue weighted by Crippen LogP contribution is -2.46. The molecular formula is C21H16F3N3O7S. The number of nitrogens with zero attached hydrogens (tertiary/aromatic N) is 2. The van der Waals surface area contributed by atoms with Gasteiger partial charge in [0.2, 0.25) is 0 Å². The van der Waals surface area contributed by atoms with Crippen LogP contribution in [0.4, 0.5) is 18.0 Å². The Morgan fingerprint density at radius 2 is 1.63 bits per heavy atom. The van der Waals surface area contributed by atoms with Gasteiger partial charge in [-0.25, -0.2) is 31.9 Å². The fraction of sp³-hybridized carbons (Fsp3) is 0.143. The van der Waals surface area contributed by atoms with Gasteiger partial charge in [-0.1, -0.05) is 30.3 Å². The molecule has 0 aliphatic carbocycles. The van der Waals surface area contributed by atoms with Crippen LogP contribution in [0, 0.1) is 0 Å². The van der Waals surface area contributed by atoms with Crippen LogP contribution in [0.5, 0.6) is 0 Å². The van der Waals surface area contributed by atoms with Crippen molar-refractivity contribution in [2.24, 2.45) is 0 Å². The number of thiol groups is 1. The first-order chi connectivity index (χ1) is 16.4. The lowest BCUT2D eigenvalue weighted by atomic mass is 10.1. The van der Waals surface area contributed by atoms with Crippen molar-refractivity contribution < 1.29 is 36.3 Å². The second kappa shape index (κ2) is 9.97. The lowest BCUT2D eigenvalue weighted by molar-refractivity contribution is -0.137. The van der Waals surface area contributed by atoms with E-state index in [1.807, 2.05) is 0 Å². The number of aromatic carboxylic acids is 1. The average molecular weight is 511 g/mol. The van der Waals surface area contributed by atoms with Crippen molar-refractivity contribution in [1.29, 1.82) is 0 Å². The first-order valence-electron chi connectivity index (χ1n) is 9.66. The molecule has 3 aromatic rings. The molecule has 35 heavy (non-hydrogen) atoms. The highest BCUT2D eigenvalue weighted by atomic mass is 32.2. The van der Waals surface area contributed by atoms with E-state index in [9.17, 15) is 45.9 Å². The quantitative estimate of drug-likeness (QED) is 0.426. The highest BCUT2D eigenvalue weighted by Gasteiger charge is 2.31. The van der Waals surface area contributed by atoms with Crippen LogP contribution in [0.25, 0.3) is 5.69 Å². The van der Waals surface area contributed by atoms with Gasteiger partial charge in [-0.15, -0.1) is 0 Å². The Morgan fingerprint density at radius 1 is 1.00 bits per heavy atom. The summed E-state index contributed by atoms with van der Waals surface area (Å²) in [4.78, 5) is 49.6. The molecule has 0 fully saturated rings. The monoisotopic (exact) mass is 511 g/mol. The lowest BCUT2D eigenvalue weighted by Gasteiger charge is -2.13. The van der Waals surface area contributed by atoms with Gasteiger partial charge in [0, 0.05) is 12.7 Å². The van der Waals surface area contributed by atoms with E-state index in [1.54, 1.807) is 0 Å². The molecule has 2 N–H and O–H groups in total. The first kappa shape index (κ1) is 25.4. The minimum absolute atomic E-state index is 0.164. The largest absolute Gasteiger partial charge is 0.477 e. The summed E-state index contributed by atoms with van der Waals surface area (Å²) < 4.78 is 61.3. The van der Waals surface area contributed by atoms with Gasteiger partial charge in [0.1, 0.15) is 16.3 Å². The molecule has 0 aliphatic heterocycles. The number of carboxylic acid groups (broad SMARTS) is 1. The van der Waals surface area contributed by atoms with E-state index in [2.05, 4.69) is 5.32 Å². The molecule has 0 radical (unpaired) electrons. The number of rotatable bonds is 6. The maximum atomic E-state index is 13.1. The Morgan fingerprint density at radius 3 is 2.20 bits per heavy atom. The average Bonchev–Trinajstić information content (AvgIpc) is 2.77. The molecule has 0 aliphatic rings. The topological polar surface area (TPSA) is 145 Å². The van der Waals surface area contributed by atoms with Gasteiger partial charge in [-0.05, 0) is 29.3 Å². The summed E-state index contributed by atoms with van der Waals surface area (Å²) in [6.07, 6.45) is -4.32. The first-order valence-corrected chi connectivity index (χ1v) is 11.0. The molecule has 1 heterocycles. The zero-order chi connectivity index (χ0) is 25.9. The number of hydrogen-bond donors (Lipinski definition) is 3. The Labute approximate surface area is 195 Å². The Balaban J connectivity index is 1.99. The van der Waals surface area contributed by atoms with Crippen molar-refractivity contribution in [3.8, 4) is 5.69 Å². The SMILES string of the molecule is O=C(O)c1cn(C(=O)NCc2ccc(C[SH](=O)=O)cc2)c(=O)n(-c2cccc(C(F)(F)F)c2)c1=O. The second-order valence-corrected chi connectivity index (χ2v) is 8.14. The number of amides is 1. The third-order valence-corrected chi connectivity index (χ3v) is 5.37. The highest BCUT2D eigenvalue weighted by molar-refractivity contribution is 7.71.